The first-order valence-electron chi connectivity index (χ1n) is 6.95. The highest BCUT2D eigenvalue weighted by Gasteiger charge is 2.29. The minimum atomic E-state index is -4.58. The summed E-state index contributed by atoms with van der Waals surface area (Å²) in [5, 5.41) is 2.39. The van der Waals surface area contributed by atoms with Gasteiger partial charge in [0.15, 0.2) is 18.2 Å². The Bertz CT molecular complexity index is 636. The number of piperazine rings is 1. The van der Waals surface area contributed by atoms with Gasteiger partial charge in [-0.25, -0.2) is 9.18 Å². The van der Waals surface area contributed by atoms with E-state index in [1.807, 2.05) is 0 Å². The summed E-state index contributed by atoms with van der Waals surface area (Å²) in [7, 11) is 1.62. The molecule has 1 saturated heterocycles. The van der Waals surface area contributed by atoms with Crippen molar-refractivity contribution in [2.75, 3.05) is 38.6 Å². The van der Waals surface area contributed by atoms with Gasteiger partial charge in [-0.15, -0.1) is 0 Å². The van der Waals surface area contributed by atoms with E-state index in [-0.39, 0.29) is 18.1 Å². The smallest absolute Gasteiger partial charge is 0.422 e. The molecule has 0 atom stereocenters. The van der Waals surface area contributed by atoms with Crippen molar-refractivity contribution in [3.63, 3.8) is 0 Å². The highest BCUT2D eigenvalue weighted by Crippen LogP contribution is 2.24. The van der Waals surface area contributed by atoms with Crippen LogP contribution in [0.15, 0.2) is 18.2 Å². The number of hydrogen-bond donors (Lipinski definition) is 1. The molecule has 0 unspecified atom stereocenters. The van der Waals surface area contributed by atoms with E-state index in [4.69, 9.17) is 0 Å². The molecule has 2 rings (SSSR count). The van der Waals surface area contributed by atoms with Crippen molar-refractivity contribution in [3.05, 3.63) is 24.0 Å². The number of urea groups is 1. The van der Waals surface area contributed by atoms with E-state index in [0.29, 0.717) is 13.1 Å². The number of carbonyl (C=O) groups excluding carboxylic acids is 2. The monoisotopic (exact) mass is 349 g/mol. The van der Waals surface area contributed by atoms with E-state index in [9.17, 15) is 27.2 Å². The molecule has 1 N–H and O–H groups in total. The zero-order chi connectivity index (χ0) is 17.9. The molecule has 3 amide bonds. The molecule has 1 fully saturated rings. The molecule has 1 aliphatic heterocycles. The van der Waals surface area contributed by atoms with Crippen LogP contribution < -0.4 is 10.1 Å². The number of alkyl halides is 3. The average molecular weight is 349 g/mol. The van der Waals surface area contributed by atoms with Crippen molar-refractivity contribution in [3.8, 4) is 5.75 Å². The molecule has 132 valence electrons. The fraction of sp³-hybridized carbons (Fsp3) is 0.429. The quantitative estimate of drug-likeness (QED) is 0.850. The maximum Gasteiger partial charge on any atom is 0.422 e. The fourth-order valence-corrected chi connectivity index (χ4v) is 1.99. The first-order valence-corrected chi connectivity index (χ1v) is 6.95. The summed E-state index contributed by atoms with van der Waals surface area (Å²) in [6.07, 6.45) is -4.58. The number of amides is 3. The number of halogens is 4. The van der Waals surface area contributed by atoms with E-state index in [0.717, 1.165) is 12.1 Å². The summed E-state index contributed by atoms with van der Waals surface area (Å²) < 4.78 is 54.2. The average Bonchev–Trinajstić information content (AvgIpc) is 2.48. The highest BCUT2D eigenvalue weighted by atomic mass is 19.4. The number of hydrogen-bond acceptors (Lipinski definition) is 3. The summed E-state index contributed by atoms with van der Waals surface area (Å²) >= 11 is 0. The van der Waals surface area contributed by atoms with Crippen LogP contribution in [0.1, 0.15) is 0 Å². The van der Waals surface area contributed by atoms with Gasteiger partial charge >= 0.3 is 12.2 Å². The van der Waals surface area contributed by atoms with Crippen molar-refractivity contribution >= 4 is 17.6 Å². The maximum atomic E-state index is 13.7. The van der Waals surface area contributed by atoms with Crippen molar-refractivity contribution in [1.29, 1.82) is 0 Å². The second-order valence-corrected chi connectivity index (χ2v) is 5.22. The largest absolute Gasteiger partial charge is 0.481 e. The van der Waals surface area contributed by atoms with Gasteiger partial charge in [-0.2, -0.15) is 13.2 Å². The minimum absolute atomic E-state index is 0.0447. The summed E-state index contributed by atoms with van der Waals surface area (Å²) in [6.45, 7) is -1.01. The van der Waals surface area contributed by atoms with Crippen LogP contribution in [0.5, 0.6) is 5.75 Å². The lowest BCUT2D eigenvalue weighted by molar-refractivity contribution is -0.153. The zero-order valence-electron chi connectivity index (χ0n) is 12.7. The number of nitrogens with one attached hydrogen (secondary N) is 1. The topological polar surface area (TPSA) is 61.9 Å². The molecule has 6 nitrogen and oxygen atoms in total. The predicted molar refractivity (Wildman–Crippen MR) is 76.2 cm³/mol. The van der Waals surface area contributed by atoms with Crippen molar-refractivity contribution in [1.82, 2.24) is 9.80 Å². The molecule has 10 heteroatoms. The van der Waals surface area contributed by atoms with Crippen LogP contribution >= 0.6 is 0 Å². The molecule has 1 heterocycles. The third-order valence-corrected chi connectivity index (χ3v) is 3.32. The van der Waals surface area contributed by atoms with Gasteiger partial charge in [0.05, 0.1) is 0 Å². The Labute approximate surface area is 135 Å². The lowest BCUT2D eigenvalue weighted by Gasteiger charge is -2.31. The number of rotatable bonds is 3. The summed E-state index contributed by atoms with van der Waals surface area (Å²) in [5.74, 6) is -1.83. The van der Waals surface area contributed by atoms with Gasteiger partial charge in [0.25, 0.3) is 0 Å². The minimum Gasteiger partial charge on any atom is -0.481 e. The molecule has 0 saturated carbocycles. The van der Waals surface area contributed by atoms with Crippen LogP contribution in [0, 0.1) is 5.82 Å². The van der Waals surface area contributed by atoms with E-state index in [2.05, 4.69) is 10.1 Å². The van der Waals surface area contributed by atoms with Gasteiger partial charge in [-0.1, -0.05) is 0 Å². The lowest BCUT2D eigenvalue weighted by Crippen LogP contribution is -2.51. The van der Waals surface area contributed by atoms with E-state index < -0.39 is 30.4 Å². The second-order valence-electron chi connectivity index (χ2n) is 5.22. The van der Waals surface area contributed by atoms with Crippen molar-refractivity contribution < 1.29 is 31.9 Å². The zero-order valence-corrected chi connectivity index (χ0v) is 12.7. The van der Waals surface area contributed by atoms with Crippen LogP contribution in [-0.2, 0) is 4.79 Å². The Balaban J connectivity index is 1.96. The molecular weight excluding hydrogens is 334 g/mol. The van der Waals surface area contributed by atoms with Crippen LogP contribution in [-0.4, -0.2) is 61.2 Å². The number of nitrogens with zero attached hydrogens (tertiary/aromatic N) is 2. The van der Waals surface area contributed by atoms with Crippen LogP contribution in [0.25, 0.3) is 0 Å². The van der Waals surface area contributed by atoms with E-state index in [1.54, 1.807) is 7.05 Å². The molecular formula is C14H15F4N3O3. The standard InChI is InChI=1S/C14H15F4N3O3/c1-20-4-5-21(7-12(20)22)13(23)19-9-2-3-11(10(15)6-9)24-8-14(16,17)18/h2-3,6H,4-5,7-8H2,1H3,(H,19,23). The first-order chi connectivity index (χ1) is 11.2. The molecule has 1 aromatic rings. The van der Waals surface area contributed by atoms with Crippen molar-refractivity contribution in [2.24, 2.45) is 0 Å². The molecule has 24 heavy (non-hydrogen) atoms. The van der Waals surface area contributed by atoms with Gasteiger partial charge in [0.1, 0.15) is 6.54 Å². The molecule has 1 aliphatic rings. The summed E-state index contributed by atoms with van der Waals surface area (Å²) in [5.41, 5.74) is 0.0447. The maximum absolute atomic E-state index is 13.7. The molecule has 0 aromatic heterocycles. The molecule has 1 aromatic carbocycles. The van der Waals surface area contributed by atoms with E-state index >= 15 is 0 Å². The Morgan fingerprint density at radius 3 is 2.62 bits per heavy atom. The summed E-state index contributed by atoms with van der Waals surface area (Å²) in [6, 6.07) is 2.46. The van der Waals surface area contributed by atoms with Gasteiger partial charge in [-0.3, -0.25) is 4.79 Å². The molecule has 0 spiro atoms. The Morgan fingerprint density at radius 2 is 2.04 bits per heavy atom. The van der Waals surface area contributed by atoms with Crippen molar-refractivity contribution in [2.45, 2.75) is 6.18 Å². The second kappa shape index (κ2) is 6.93. The lowest BCUT2D eigenvalue weighted by atomic mass is 10.3. The van der Waals surface area contributed by atoms with Crippen LogP contribution in [0.2, 0.25) is 0 Å². The van der Waals surface area contributed by atoms with Gasteiger partial charge < -0.3 is 19.9 Å². The molecule has 0 bridgehead atoms. The van der Waals surface area contributed by atoms with Crippen LogP contribution in [0.3, 0.4) is 0 Å². The van der Waals surface area contributed by atoms with Gasteiger partial charge in [0.2, 0.25) is 5.91 Å². The van der Waals surface area contributed by atoms with E-state index in [1.165, 1.54) is 15.9 Å². The highest BCUT2D eigenvalue weighted by molar-refractivity contribution is 5.93. The molecule has 0 aliphatic carbocycles. The third-order valence-electron chi connectivity index (χ3n) is 3.32. The predicted octanol–water partition coefficient (Wildman–Crippen LogP) is 2.07. The third kappa shape index (κ3) is 4.74. The Kier molecular flexibility index (Phi) is 5.15. The van der Waals surface area contributed by atoms with Gasteiger partial charge in [0, 0.05) is 31.9 Å². The summed E-state index contributed by atoms with van der Waals surface area (Å²) in [4.78, 5) is 26.3. The number of ether oxygens (including phenoxy) is 1. The van der Waals surface area contributed by atoms with Crippen LogP contribution in [0.4, 0.5) is 28.0 Å². The Morgan fingerprint density at radius 1 is 1.33 bits per heavy atom. The Hall–Kier alpha value is -2.52. The number of benzene rings is 1. The molecule has 0 radical (unpaired) electrons. The normalized spacial score (nSPS) is 15.5. The number of anilines is 1. The SMILES string of the molecule is CN1CCN(C(=O)Nc2ccc(OCC(F)(F)F)c(F)c2)CC1=O. The van der Waals surface area contributed by atoms with Gasteiger partial charge in [-0.05, 0) is 12.1 Å². The fourth-order valence-electron chi connectivity index (χ4n) is 1.99. The number of carbonyl (C=O) groups is 2. The number of likely N-dealkylation sites (N-methyl/N-ethyl adjacent to an activating group) is 1. The first kappa shape index (κ1) is 17.8.